The second-order valence-electron chi connectivity index (χ2n) is 6.02. The number of hydrogen-bond donors (Lipinski definition) is 1. The molecule has 0 spiro atoms. The van der Waals surface area contributed by atoms with Crippen LogP contribution in [0, 0.1) is 5.41 Å². The zero-order valence-electron chi connectivity index (χ0n) is 11.3. The van der Waals surface area contributed by atoms with Gasteiger partial charge in [-0.15, -0.1) is 0 Å². The molecule has 0 bridgehead atoms. The molecule has 2 rings (SSSR count). The van der Waals surface area contributed by atoms with Gasteiger partial charge < -0.3 is 9.84 Å². The molecule has 1 N–H and O–H groups in total. The average molecular weight is 290 g/mol. The van der Waals surface area contributed by atoms with Crippen molar-refractivity contribution in [2.75, 3.05) is 12.9 Å². The van der Waals surface area contributed by atoms with Gasteiger partial charge in [-0.25, -0.2) is 8.42 Å². The summed E-state index contributed by atoms with van der Waals surface area (Å²) < 4.78 is 30.1. The molecular weight excluding hydrogens is 268 g/mol. The summed E-state index contributed by atoms with van der Waals surface area (Å²) in [5, 5.41) is 8.51. The van der Waals surface area contributed by atoms with Crippen molar-refractivity contribution >= 4 is 15.8 Å². The fourth-order valence-electron chi connectivity index (χ4n) is 3.06. The monoisotopic (exact) mass is 290 g/mol. The third-order valence-electron chi connectivity index (χ3n) is 4.41. The van der Waals surface area contributed by atoms with E-state index in [0.29, 0.717) is 12.8 Å². The van der Waals surface area contributed by atoms with Crippen molar-refractivity contribution in [2.45, 2.75) is 56.3 Å². The summed E-state index contributed by atoms with van der Waals surface area (Å²) >= 11 is 0. The number of hydrogen-bond acceptors (Lipinski definition) is 4. The molecule has 0 aromatic heterocycles. The molecule has 2 aliphatic rings. The molecule has 0 aromatic carbocycles. The molecule has 2 aliphatic carbocycles. The number of carbonyl (C=O) groups is 1. The third-order valence-corrected chi connectivity index (χ3v) is 6.87. The highest BCUT2D eigenvalue weighted by Gasteiger charge is 2.49. The molecule has 19 heavy (non-hydrogen) atoms. The Hall–Kier alpha value is -0.620. The minimum atomic E-state index is -3.21. The van der Waals surface area contributed by atoms with Crippen molar-refractivity contribution in [1.82, 2.24) is 0 Å². The summed E-state index contributed by atoms with van der Waals surface area (Å²) in [5.74, 6) is -0.862. The van der Waals surface area contributed by atoms with Gasteiger partial charge in [-0.05, 0) is 43.9 Å². The summed E-state index contributed by atoms with van der Waals surface area (Å²) in [5.41, 5.74) is -0.481. The Morgan fingerprint density at radius 2 is 2.05 bits per heavy atom. The van der Waals surface area contributed by atoms with Gasteiger partial charge in [0.05, 0.1) is 23.5 Å². The van der Waals surface area contributed by atoms with Gasteiger partial charge in [0, 0.05) is 7.11 Å². The predicted octanol–water partition coefficient (Wildman–Crippen LogP) is 1.61. The van der Waals surface area contributed by atoms with Gasteiger partial charge in [-0.2, -0.15) is 0 Å². The minimum Gasteiger partial charge on any atom is -0.481 e. The van der Waals surface area contributed by atoms with E-state index in [4.69, 9.17) is 9.84 Å². The molecule has 0 aromatic rings. The first-order valence-corrected chi connectivity index (χ1v) is 8.55. The maximum absolute atomic E-state index is 12.4. The Kier molecular flexibility index (Phi) is 4.20. The SMILES string of the molecule is COC1CCCC(S(=O)(=O)CC2(CC(=O)O)CC2)C1. The molecule has 2 atom stereocenters. The molecule has 110 valence electrons. The average Bonchev–Trinajstić information content (AvgIpc) is 3.06. The first-order chi connectivity index (χ1) is 8.87. The van der Waals surface area contributed by atoms with Crippen LogP contribution in [0.2, 0.25) is 0 Å². The van der Waals surface area contributed by atoms with Crippen molar-refractivity contribution in [2.24, 2.45) is 5.41 Å². The predicted molar refractivity (Wildman–Crippen MR) is 70.8 cm³/mol. The first-order valence-electron chi connectivity index (χ1n) is 6.83. The van der Waals surface area contributed by atoms with Gasteiger partial charge >= 0.3 is 5.97 Å². The summed E-state index contributed by atoms with van der Waals surface area (Å²) in [6.45, 7) is 0. The summed E-state index contributed by atoms with van der Waals surface area (Å²) in [6.07, 6.45) is 4.48. The van der Waals surface area contributed by atoms with Crippen LogP contribution in [0.3, 0.4) is 0 Å². The lowest BCUT2D eigenvalue weighted by atomic mass is 9.97. The van der Waals surface area contributed by atoms with Gasteiger partial charge in [0.15, 0.2) is 9.84 Å². The molecule has 0 heterocycles. The van der Waals surface area contributed by atoms with E-state index in [-0.39, 0.29) is 23.5 Å². The number of carboxylic acids is 1. The fraction of sp³-hybridized carbons (Fsp3) is 0.923. The highest BCUT2D eigenvalue weighted by Crippen LogP contribution is 2.50. The molecule has 0 radical (unpaired) electrons. The zero-order chi connectivity index (χ0) is 14.1. The quantitative estimate of drug-likeness (QED) is 0.804. The fourth-order valence-corrected chi connectivity index (χ4v) is 5.57. The van der Waals surface area contributed by atoms with E-state index in [1.807, 2.05) is 0 Å². The lowest BCUT2D eigenvalue weighted by molar-refractivity contribution is -0.138. The van der Waals surface area contributed by atoms with Crippen LogP contribution in [0.5, 0.6) is 0 Å². The van der Waals surface area contributed by atoms with Crippen molar-refractivity contribution in [3.8, 4) is 0 Å². The minimum absolute atomic E-state index is 0.0212. The van der Waals surface area contributed by atoms with Crippen molar-refractivity contribution in [3.63, 3.8) is 0 Å². The maximum Gasteiger partial charge on any atom is 0.303 e. The number of methoxy groups -OCH3 is 1. The second-order valence-corrected chi connectivity index (χ2v) is 8.31. The number of carboxylic acid groups (broad SMARTS) is 1. The Bertz CT molecular complexity index is 438. The van der Waals surface area contributed by atoms with Crippen LogP contribution in [-0.4, -0.2) is 43.7 Å². The molecule has 0 amide bonds. The van der Waals surface area contributed by atoms with Gasteiger partial charge in [-0.3, -0.25) is 4.79 Å². The van der Waals surface area contributed by atoms with E-state index in [1.54, 1.807) is 7.11 Å². The lowest BCUT2D eigenvalue weighted by Gasteiger charge is -2.29. The number of rotatable bonds is 6. The Labute approximate surface area is 114 Å². The van der Waals surface area contributed by atoms with Gasteiger partial charge in [0.2, 0.25) is 0 Å². The first kappa shape index (κ1) is 14.8. The van der Waals surface area contributed by atoms with E-state index in [9.17, 15) is 13.2 Å². The smallest absolute Gasteiger partial charge is 0.303 e. The summed E-state index contributed by atoms with van der Waals surface area (Å²) in [4.78, 5) is 10.8. The molecule has 2 fully saturated rings. The molecule has 0 aliphatic heterocycles. The standard InChI is InChI=1S/C13H22O5S/c1-18-10-3-2-4-11(7-10)19(16,17)9-13(5-6-13)8-12(14)15/h10-11H,2-9H2,1H3,(H,14,15). The van der Waals surface area contributed by atoms with Crippen LogP contribution in [-0.2, 0) is 19.4 Å². The molecule has 5 nitrogen and oxygen atoms in total. The van der Waals surface area contributed by atoms with Crippen LogP contribution in [0.25, 0.3) is 0 Å². The van der Waals surface area contributed by atoms with Gasteiger partial charge in [-0.1, -0.05) is 0 Å². The van der Waals surface area contributed by atoms with Gasteiger partial charge in [0.1, 0.15) is 0 Å². The van der Waals surface area contributed by atoms with E-state index in [0.717, 1.165) is 25.7 Å². The maximum atomic E-state index is 12.4. The van der Waals surface area contributed by atoms with E-state index in [1.165, 1.54) is 0 Å². The number of sulfone groups is 1. The lowest BCUT2D eigenvalue weighted by Crippen LogP contribution is -2.35. The topological polar surface area (TPSA) is 80.7 Å². The highest BCUT2D eigenvalue weighted by molar-refractivity contribution is 7.92. The summed E-state index contributed by atoms with van der Waals surface area (Å²) in [7, 11) is -1.59. The van der Waals surface area contributed by atoms with Crippen LogP contribution in [0.15, 0.2) is 0 Å². The van der Waals surface area contributed by atoms with Crippen LogP contribution in [0.1, 0.15) is 44.9 Å². The molecule has 6 heteroatoms. The van der Waals surface area contributed by atoms with E-state index in [2.05, 4.69) is 0 Å². The Morgan fingerprint density at radius 1 is 1.37 bits per heavy atom. The van der Waals surface area contributed by atoms with Gasteiger partial charge in [0.25, 0.3) is 0 Å². The second kappa shape index (κ2) is 5.40. The highest BCUT2D eigenvalue weighted by atomic mass is 32.2. The molecular formula is C13H22O5S. The molecule has 2 unspecified atom stereocenters. The van der Waals surface area contributed by atoms with Crippen LogP contribution >= 0.6 is 0 Å². The number of ether oxygens (including phenoxy) is 1. The van der Waals surface area contributed by atoms with Crippen LogP contribution in [0.4, 0.5) is 0 Å². The molecule has 0 saturated heterocycles. The normalized spacial score (nSPS) is 29.9. The zero-order valence-corrected chi connectivity index (χ0v) is 12.1. The third kappa shape index (κ3) is 3.69. The van der Waals surface area contributed by atoms with E-state index >= 15 is 0 Å². The Balaban J connectivity index is 2.00. The van der Waals surface area contributed by atoms with Crippen molar-refractivity contribution < 1.29 is 23.1 Å². The molecule has 2 saturated carbocycles. The number of aliphatic carboxylic acids is 1. The van der Waals surface area contributed by atoms with Crippen molar-refractivity contribution in [1.29, 1.82) is 0 Å². The largest absolute Gasteiger partial charge is 0.481 e. The Morgan fingerprint density at radius 3 is 2.58 bits per heavy atom. The van der Waals surface area contributed by atoms with Crippen LogP contribution < -0.4 is 0 Å². The summed E-state index contributed by atoms with van der Waals surface area (Å²) in [6, 6.07) is 0. The van der Waals surface area contributed by atoms with E-state index < -0.39 is 21.2 Å². The van der Waals surface area contributed by atoms with Crippen molar-refractivity contribution in [3.05, 3.63) is 0 Å².